The van der Waals surface area contributed by atoms with Crippen molar-refractivity contribution in [2.75, 3.05) is 5.75 Å². The van der Waals surface area contributed by atoms with Gasteiger partial charge >= 0.3 is 0 Å². The highest BCUT2D eigenvalue weighted by Crippen LogP contribution is 2.16. The third-order valence-corrected chi connectivity index (χ3v) is 4.54. The summed E-state index contributed by atoms with van der Waals surface area (Å²) in [4.78, 5) is 14.8. The van der Waals surface area contributed by atoms with Gasteiger partial charge in [0.25, 0.3) is 0 Å². The van der Waals surface area contributed by atoms with Crippen molar-refractivity contribution in [3.8, 4) is 0 Å². The Labute approximate surface area is 116 Å². The number of halogens is 1. The van der Waals surface area contributed by atoms with Crippen molar-refractivity contribution in [2.24, 2.45) is 0 Å². The number of carbonyl (C=O) groups is 1. The molecule has 0 fully saturated rings. The maximum atomic E-state index is 13.1. The fourth-order valence-electron chi connectivity index (χ4n) is 2.01. The van der Waals surface area contributed by atoms with Gasteiger partial charge in [0.1, 0.15) is 11.6 Å². The zero-order chi connectivity index (χ0) is 14.9. The second-order valence-corrected chi connectivity index (χ2v) is 6.62. The molecule has 0 atom stereocenters. The van der Waals surface area contributed by atoms with Crippen LogP contribution < -0.4 is 0 Å². The smallest absolute Gasteiger partial charge is 0.185 e. The van der Waals surface area contributed by atoms with Gasteiger partial charge in [-0.25, -0.2) is 12.8 Å². The summed E-state index contributed by atoms with van der Waals surface area (Å²) >= 11 is 0. The van der Waals surface area contributed by atoms with Crippen LogP contribution in [-0.4, -0.2) is 24.9 Å². The summed E-state index contributed by atoms with van der Waals surface area (Å²) in [5, 5.41) is 0. The van der Waals surface area contributed by atoms with Crippen molar-refractivity contribution in [1.29, 1.82) is 0 Å². The number of aromatic amines is 1. The first-order valence-electron chi connectivity index (χ1n) is 5.97. The van der Waals surface area contributed by atoms with Gasteiger partial charge in [0.2, 0.25) is 0 Å². The Balaban J connectivity index is 2.29. The van der Waals surface area contributed by atoms with Crippen LogP contribution in [0.3, 0.4) is 0 Å². The molecule has 6 heteroatoms. The maximum absolute atomic E-state index is 13.1. The standard InChI is InChI=1S/C14H14FNO3S/c1-9-6-13(10(2)16-9)14(17)8-20(18,19)12-5-3-4-11(15)7-12/h3-7,16H,8H2,1-2H3. The highest BCUT2D eigenvalue weighted by Gasteiger charge is 2.22. The van der Waals surface area contributed by atoms with Gasteiger partial charge in [-0.3, -0.25) is 4.79 Å². The molecule has 106 valence electrons. The van der Waals surface area contributed by atoms with Crippen LogP contribution in [0.25, 0.3) is 0 Å². The van der Waals surface area contributed by atoms with E-state index in [1.165, 1.54) is 12.1 Å². The Morgan fingerprint density at radius 1 is 1.25 bits per heavy atom. The van der Waals surface area contributed by atoms with Crippen molar-refractivity contribution < 1.29 is 17.6 Å². The predicted molar refractivity (Wildman–Crippen MR) is 73.1 cm³/mol. The molecule has 0 aliphatic carbocycles. The van der Waals surface area contributed by atoms with Crippen LogP contribution in [0.4, 0.5) is 4.39 Å². The number of benzene rings is 1. The molecule has 0 aliphatic heterocycles. The Hall–Kier alpha value is -1.95. The number of sulfone groups is 1. The number of H-pyrrole nitrogens is 1. The molecule has 0 radical (unpaired) electrons. The lowest BCUT2D eigenvalue weighted by Crippen LogP contribution is -2.17. The van der Waals surface area contributed by atoms with Crippen LogP contribution in [0.2, 0.25) is 0 Å². The molecule has 0 amide bonds. The number of aromatic nitrogens is 1. The van der Waals surface area contributed by atoms with Gasteiger partial charge in [0.05, 0.1) is 4.90 Å². The molecule has 2 aromatic rings. The second-order valence-electron chi connectivity index (χ2n) is 4.63. The minimum Gasteiger partial charge on any atom is -0.362 e. The van der Waals surface area contributed by atoms with Crippen LogP contribution in [-0.2, 0) is 9.84 Å². The van der Waals surface area contributed by atoms with E-state index in [2.05, 4.69) is 4.98 Å². The van der Waals surface area contributed by atoms with Crippen LogP contribution in [0, 0.1) is 19.7 Å². The van der Waals surface area contributed by atoms with Crippen molar-refractivity contribution in [3.63, 3.8) is 0 Å². The molecule has 0 aliphatic rings. The molecule has 0 unspecified atom stereocenters. The molecule has 1 aromatic carbocycles. The van der Waals surface area contributed by atoms with Crippen molar-refractivity contribution in [1.82, 2.24) is 4.98 Å². The molecule has 1 N–H and O–H groups in total. The van der Waals surface area contributed by atoms with Gasteiger partial charge in [-0.05, 0) is 38.1 Å². The number of hydrogen-bond acceptors (Lipinski definition) is 3. The molecule has 0 spiro atoms. The Bertz CT molecular complexity index is 762. The molecule has 0 bridgehead atoms. The summed E-state index contributed by atoms with van der Waals surface area (Å²) in [7, 11) is -3.84. The average Bonchev–Trinajstić information content (AvgIpc) is 2.68. The fraction of sp³-hybridized carbons (Fsp3) is 0.214. The third-order valence-electron chi connectivity index (χ3n) is 2.93. The van der Waals surface area contributed by atoms with E-state index in [4.69, 9.17) is 0 Å². The van der Waals surface area contributed by atoms with E-state index in [0.717, 1.165) is 17.8 Å². The third kappa shape index (κ3) is 2.96. The van der Waals surface area contributed by atoms with E-state index >= 15 is 0 Å². The van der Waals surface area contributed by atoms with Crippen molar-refractivity contribution in [2.45, 2.75) is 18.7 Å². The SMILES string of the molecule is Cc1cc(C(=O)CS(=O)(=O)c2cccc(F)c2)c(C)[nH]1. The highest BCUT2D eigenvalue weighted by atomic mass is 32.2. The van der Waals surface area contributed by atoms with Gasteiger partial charge < -0.3 is 4.98 Å². The van der Waals surface area contributed by atoms with Crippen LogP contribution in [0.1, 0.15) is 21.7 Å². The first-order valence-corrected chi connectivity index (χ1v) is 7.62. The summed E-state index contributed by atoms with van der Waals surface area (Å²) in [5.41, 5.74) is 1.76. The largest absolute Gasteiger partial charge is 0.362 e. The van der Waals surface area contributed by atoms with Crippen molar-refractivity contribution >= 4 is 15.6 Å². The van der Waals surface area contributed by atoms with E-state index in [1.54, 1.807) is 19.9 Å². The molecular weight excluding hydrogens is 281 g/mol. The maximum Gasteiger partial charge on any atom is 0.185 e. The average molecular weight is 295 g/mol. The molecule has 0 saturated heterocycles. The zero-order valence-corrected chi connectivity index (χ0v) is 11.9. The Morgan fingerprint density at radius 3 is 2.50 bits per heavy atom. The number of rotatable bonds is 4. The van der Waals surface area contributed by atoms with Gasteiger partial charge in [-0.15, -0.1) is 0 Å². The van der Waals surface area contributed by atoms with E-state index < -0.39 is 27.2 Å². The van der Waals surface area contributed by atoms with Crippen LogP contribution in [0.15, 0.2) is 35.2 Å². The lowest BCUT2D eigenvalue weighted by Gasteiger charge is -2.04. The number of ketones is 1. The summed E-state index contributed by atoms with van der Waals surface area (Å²) in [6, 6.07) is 6.26. The van der Waals surface area contributed by atoms with E-state index in [1.807, 2.05) is 0 Å². The van der Waals surface area contributed by atoms with Crippen LogP contribution in [0.5, 0.6) is 0 Å². The lowest BCUT2D eigenvalue weighted by molar-refractivity contribution is 0.102. The summed E-state index contributed by atoms with van der Waals surface area (Å²) in [6.45, 7) is 3.49. The predicted octanol–water partition coefficient (Wildman–Crippen LogP) is 2.43. The first kappa shape index (κ1) is 14.5. The van der Waals surface area contributed by atoms with Crippen LogP contribution >= 0.6 is 0 Å². The number of Topliss-reactive ketones (excluding diaryl/α,β-unsaturated/α-hetero) is 1. The van der Waals surface area contributed by atoms with Crippen molar-refractivity contribution in [3.05, 3.63) is 53.1 Å². The topological polar surface area (TPSA) is 67.0 Å². The quantitative estimate of drug-likeness (QED) is 0.881. The Kier molecular flexibility index (Phi) is 3.76. The summed E-state index contributed by atoms with van der Waals surface area (Å²) in [5.74, 6) is -1.82. The number of carbonyl (C=O) groups excluding carboxylic acids is 1. The lowest BCUT2D eigenvalue weighted by atomic mass is 10.2. The minimum atomic E-state index is -3.84. The zero-order valence-electron chi connectivity index (χ0n) is 11.1. The van der Waals surface area contributed by atoms with E-state index in [-0.39, 0.29) is 4.90 Å². The monoisotopic (exact) mass is 295 g/mol. The van der Waals surface area contributed by atoms with Gasteiger partial charge in [-0.2, -0.15) is 0 Å². The molecule has 0 saturated carbocycles. The molecule has 2 rings (SSSR count). The van der Waals surface area contributed by atoms with Gasteiger partial charge in [-0.1, -0.05) is 6.07 Å². The number of hydrogen-bond donors (Lipinski definition) is 1. The van der Waals surface area contributed by atoms with E-state index in [0.29, 0.717) is 11.3 Å². The number of nitrogens with one attached hydrogen (secondary N) is 1. The van der Waals surface area contributed by atoms with E-state index in [9.17, 15) is 17.6 Å². The minimum absolute atomic E-state index is 0.184. The second kappa shape index (κ2) is 5.20. The molecule has 1 aromatic heterocycles. The molecule has 4 nitrogen and oxygen atoms in total. The Morgan fingerprint density at radius 2 is 1.95 bits per heavy atom. The van der Waals surface area contributed by atoms with Gasteiger partial charge in [0, 0.05) is 17.0 Å². The summed E-state index contributed by atoms with van der Waals surface area (Å²) in [6.07, 6.45) is 0. The molecule has 1 heterocycles. The molecule has 20 heavy (non-hydrogen) atoms. The van der Waals surface area contributed by atoms with Gasteiger partial charge in [0.15, 0.2) is 15.6 Å². The summed E-state index contributed by atoms with van der Waals surface area (Å²) < 4.78 is 37.2. The first-order chi connectivity index (χ1) is 9.29. The molecular formula is C14H14FNO3S. The fourth-order valence-corrected chi connectivity index (χ4v) is 3.25. The normalized spacial score (nSPS) is 11.6. The highest BCUT2D eigenvalue weighted by molar-refractivity contribution is 7.92. The number of aryl methyl sites for hydroxylation is 2.